The van der Waals surface area contributed by atoms with Crippen molar-refractivity contribution in [1.82, 2.24) is 9.38 Å². The number of aromatic nitrogens is 2. The highest BCUT2D eigenvalue weighted by atomic mass is 16.1. The third-order valence-corrected chi connectivity index (χ3v) is 2.08. The van der Waals surface area contributed by atoms with Gasteiger partial charge in [-0.25, -0.2) is 4.98 Å². The second kappa shape index (κ2) is 3.23. The van der Waals surface area contributed by atoms with Gasteiger partial charge in [0.1, 0.15) is 5.65 Å². The van der Waals surface area contributed by atoms with E-state index in [1.165, 1.54) is 10.5 Å². The van der Waals surface area contributed by atoms with Crippen LogP contribution in [0.2, 0.25) is 0 Å². The van der Waals surface area contributed by atoms with Crippen LogP contribution < -0.4 is 11.3 Å². The highest BCUT2D eigenvalue weighted by Gasteiger charge is 2.00. The average molecular weight is 189 g/mol. The van der Waals surface area contributed by atoms with Crippen LogP contribution in [-0.4, -0.2) is 9.38 Å². The monoisotopic (exact) mass is 189 g/mol. The van der Waals surface area contributed by atoms with Gasteiger partial charge in [-0.3, -0.25) is 9.20 Å². The lowest BCUT2D eigenvalue weighted by Crippen LogP contribution is -2.16. The number of nitrogens with zero attached hydrogens (tertiary/aromatic N) is 2. The van der Waals surface area contributed by atoms with E-state index < -0.39 is 0 Å². The van der Waals surface area contributed by atoms with Crippen LogP contribution in [0, 0.1) is 6.92 Å². The number of pyridine rings is 1. The predicted molar refractivity (Wildman–Crippen MR) is 54.1 cm³/mol. The molecule has 0 aliphatic heterocycles. The SMILES string of the molecule is Cc1ccn2c(=O)cc(CN)nc2c1. The molecule has 2 aromatic heterocycles. The van der Waals surface area contributed by atoms with Crippen molar-refractivity contribution in [2.75, 3.05) is 0 Å². The van der Waals surface area contributed by atoms with E-state index in [1.807, 2.05) is 19.1 Å². The Labute approximate surface area is 81.0 Å². The zero-order valence-electron chi connectivity index (χ0n) is 7.90. The third-order valence-electron chi connectivity index (χ3n) is 2.08. The smallest absolute Gasteiger partial charge is 0.258 e. The fraction of sp³-hybridized carbons (Fsp3) is 0.200. The van der Waals surface area contributed by atoms with Crippen LogP contribution in [0.25, 0.3) is 5.65 Å². The largest absolute Gasteiger partial charge is 0.325 e. The van der Waals surface area contributed by atoms with Gasteiger partial charge in [0.15, 0.2) is 0 Å². The maximum Gasteiger partial charge on any atom is 0.258 e. The minimum absolute atomic E-state index is 0.0875. The molecule has 4 nitrogen and oxygen atoms in total. The summed E-state index contributed by atoms with van der Waals surface area (Å²) >= 11 is 0. The molecule has 2 aromatic rings. The Morgan fingerprint density at radius 2 is 2.29 bits per heavy atom. The average Bonchev–Trinajstić information content (AvgIpc) is 2.16. The van der Waals surface area contributed by atoms with Crippen molar-refractivity contribution < 1.29 is 0 Å². The molecule has 0 bridgehead atoms. The molecule has 0 saturated heterocycles. The van der Waals surface area contributed by atoms with Crippen LogP contribution in [0.5, 0.6) is 0 Å². The number of nitrogens with two attached hydrogens (primary N) is 1. The van der Waals surface area contributed by atoms with Gasteiger partial charge in [0.05, 0.1) is 5.69 Å². The van der Waals surface area contributed by atoms with Gasteiger partial charge in [-0.15, -0.1) is 0 Å². The molecule has 0 unspecified atom stereocenters. The maximum atomic E-state index is 11.5. The number of hydrogen-bond acceptors (Lipinski definition) is 3. The molecule has 0 saturated carbocycles. The van der Waals surface area contributed by atoms with Gasteiger partial charge in [0.2, 0.25) is 0 Å². The molecule has 0 atom stereocenters. The van der Waals surface area contributed by atoms with Crippen LogP contribution in [0.4, 0.5) is 0 Å². The van der Waals surface area contributed by atoms with E-state index >= 15 is 0 Å². The minimum Gasteiger partial charge on any atom is -0.325 e. The van der Waals surface area contributed by atoms with Gasteiger partial charge in [-0.05, 0) is 24.6 Å². The summed E-state index contributed by atoms with van der Waals surface area (Å²) in [5.74, 6) is 0. The summed E-state index contributed by atoms with van der Waals surface area (Å²) in [4.78, 5) is 15.8. The molecule has 0 aliphatic carbocycles. The molecule has 2 N–H and O–H groups in total. The molecule has 0 fully saturated rings. The Kier molecular flexibility index (Phi) is 2.05. The van der Waals surface area contributed by atoms with Crippen molar-refractivity contribution in [3.63, 3.8) is 0 Å². The van der Waals surface area contributed by atoms with Crippen molar-refractivity contribution in [2.45, 2.75) is 13.5 Å². The Morgan fingerprint density at radius 3 is 3.00 bits per heavy atom. The van der Waals surface area contributed by atoms with E-state index in [1.54, 1.807) is 6.20 Å². The zero-order chi connectivity index (χ0) is 10.1. The van der Waals surface area contributed by atoms with Crippen LogP contribution in [-0.2, 0) is 6.54 Å². The summed E-state index contributed by atoms with van der Waals surface area (Å²) in [6, 6.07) is 5.20. The molecular weight excluding hydrogens is 178 g/mol. The molecule has 0 spiro atoms. The molecule has 2 rings (SSSR count). The van der Waals surface area contributed by atoms with E-state index in [2.05, 4.69) is 4.98 Å². The molecule has 0 amide bonds. The van der Waals surface area contributed by atoms with Gasteiger partial charge < -0.3 is 5.73 Å². The lowest BCUT2D eigenvalue weighted by Gasteiger charge is -2.02. The Hall–Kier alpha value is -1.68. The topological polar surface area (TPSA) is 60.4 Å². The molecule has 14 heavy (non-hydrogen) atoms. The first-order valence-electron chi connectivity index (χ1n) is 4.40. The van der Waals surface area contributed by atoms with Gasteiger partial charge in [0.25, 0.3) is 5.56 Å². The van der Waals surface area contributed by atoms with E-state index in [9.17, 15) is 4.79 Å². The summed E-state index contributed by atoms with van der Waals surface area (Å²) in [6.45, 7) is 2.25. The Balaban J connectivity index is 2.84. The van der Waals surface area contributed by atoms with Crippen molar-refractivity contribution >= 4 is 5.65 Å². The number of aryl methyl sites for hydroxylation is 1. The highest BCUT2D eigenvalue weighted by molar-refractivity contribution is 5.41. The normalized spacial score (nSPS) is 10.7. The molecule has 0 aromatic carbocycles. The van der Waals surface area contributed by atoms with Gasteiger partial charge in [0, 0.05) is 18.8 Å². The van der Waals surface area contributed by atoms with Gasteiger partial charge >= 0.3 is 0 Å². The van der Waals surface area contributed by atoms with Crippen LogP contribution >= 0.6 is 0 Å². The standard InChI is InChI=1S/C10H11N3O/c1-7-2-3-13-9(4-7)12-8(6-11)5-10(13)14/h2-5H,6,11H2,1H3. The van der Waals surface area contributed by atoms with Crippen LogP contribution in [0.3, 0.4) is 0 Å². The number of hydrogen-bond donors (Lipinski definition) is 1. The van der Waals surface area contributed by atoms with Crippen molar-refractivity contribution in [3.05, 3.63) is 46.0 Å². The van der Waals surface area contributed by atoms with Crippen molar-refractivity contribution in [3.8, 4) is 0 Å². The quantitative estimate of drug-likeness (QED) is 0.709. The Morgan fingerprint density at radius 1 is 1.50 bits per heavy atom. The van der Waals surface area contributed by atoms with Crippen LogP contribution in [0.15, 0.2) is 29.2 Å². The molecule has 2 heterocycles. The van der Waals surface area contributed by atoms with E-state index in [-0.39, 0.29) is 5.56 Å². The van der Waals surface area contributed by atoms with Gasteiger partial charge in [-0.1, -0.05) is 0 Å². The zero-order valence-corrected chi connectivity index (χ0v) is 7.90. The van der Waals surface area contributed by atoms with Crippen molar-refractivity contribution in [2.24, 2.45) is 5.73 Å². The molecule has 0 aliphatic rings. The van der Waals surface area contributed by atoms with E-state index in [4.69, 9.17) is 5.73 Å². The lowest BCUT2D eigenvalue weighted by molar-refractivity contribution is 0.941. The summed E-state index contributed by atoms with van der Waals surface area (Å²) in [7, 11) is 0. The third kappa shape index (κ3) is 1.40. The summed E-state index contributed by atoms with van der Waals surface area (Å²) < 4.78 is 1.51. The predicted octanol–water partition coefficient (Wildman–Crippen LogP) is 0.462. The summed E-state index contributed by atoms with van der Waals surface area (Å²) in [5.41, 5.74) is 7.70. The molecule has 72 valence electrons. The van der Waals surface area contributed by atoms with E-state index in [0.717, 1.165) is 5.56 Å². The van der Waals surface area contributed by atoms with E-state index in [0.29, 0.717) is 17.9 Å². The highest BCUT2D eigenvalue weighted by Crippen LogP contribution is 2.02. The number of fused-ring (bicyclic) bond motifs is 1. The number of rotatable bonds is 1. The fourth-order valence-electron chi connectivity index (χ4n) is 1.36. The summed E-state index contributed by atoms with van der Waals surface area (Å²) in [5, 5.41) is 0. The van der Waals surface area contributed by atoms with Crippen LogP contribution in [0.1, 0.15) is 11.3 Å². The fourth-order valence-corrected chi connectivity index (χ4v) is 1.36. The summed E-state index contributed by atoms with van der Waals surface area (Å²) in [6.07, 6.45) is 1.72. The van der Waals surface area contributed by atoms with Crippen molar-refractivity contribution in [1.29, 1.82) is 0 Å². The second-order valence-electron chi connectivity index (χ2n) is 3.22. The first-order valence-corrected chi connectivity index (χ1v) is 4.40. The minimum atomic E-state index is -0.0875. The molecule has 0 radical (unpaired) electrons. The maximum absolute atomic E-state index is 11.5. The lowest BCUT2D eigenvalue weighted by atomic mass is 10.3. The first kappa shape index (κ1) is 8.90. The van der Waals surface area contributed by atoms with Gasteiger partial charge in [-0.2, -0.15) is 0 Å². The first-order chi connectivity index (χ1) is 6.70. The second-order valence-corrected chi connectivity index (χ2v) is 3.22. The Bertz CT molecular complexity index is 530. The molecule has 4 heteroatoms. The molecular formula is C10H11N3O.